The molecule has 0 spiro atoms. The van der Waals surface area contributed by atoms with Crippen LogP contribution in [-0.4, -0.2) is 0 Å². The minimum atomic E-state index is 0.786. The van der Waals surface area contributed by atoms with E-state index in [0.29, 0.717) is 0 Å². The van der Waals surface area contributed by atoms with Crippen molar-refractivity contribution in [3.05, 3.63) is 30.0 Å². The molecule has 0 unspecified atom stereocenters. The highest BCUT2D eigenvalue weighted by Gasteiger charge is 2.02. The monoisotopic (exact) mass is 147 g/mol. The zero-order chi connectivity index (χ0) is 7.84. The third kappa shape index (κ3) is 0.792. The molecule has 2 N–H and O–H groups in total. The lowest BCUT2D eigenvalue weighted by molar-refractivity contribution is 0.613. The summed E-state index contributed by atoms with van der Waals surface area (Å²) in [5.74, 6) is 0. The van der Waals surface area contributed by atoms with Crippen LogP contribution in [0.15, 0.2) is 28.9 Å². The molecule has 0 saturated heterocycles. The van der Waals surface area contributed by atoms with Crippen molar-refractivity contribution < 1.29 is 4.42 Å². The highest BCUT2D eigenvalue weighted by atomic mass is 16.3. The molecule has 0 saturated carbocycles. The molecule has 11 heavy (non-hydrogen) atoms. The van der Waals surface area contributed by atoms with Crippen molar-refractivity contribution >= 4 is 16.7 Å². The van der Waals surface area contributed by atoms with E-state index in [1.807, 2.05) is 25.1 Å². The van der Waals surface area contributed by atoms with Gasteiger partial charge in [0.25, 0.3) is 0 Å². The molecule has 2 heteroatoms. The van der Waals surface area contributed by atoms with E-state index in [0.717, 1.165) is 22.2 Å². The van der Waals surface area contributed by atoms with Crippen LogP contribution in [0.2, 0.25) is 0 Å². The van der Waals surface area contributed by atoms with E-state index >= 15 is 0 Å². The second-order valence-electron chi connectivity index (χ2n) is 2.64. The summed E-state index contributed by atoms with van der Waals surface area (Å²) in [5.41, 5.74) is 8.49. The van der Waals surface area contributed by atoms with Crippen molar-refractivity contribution in [2.24, 2.45) is 0 Å². The molecule has 0 radical (unpaired) electrons. The number of fused-ring (bicyclic) bond motifs is 1. The average molecular weight is 147 g/mol. The third-order valence-electron chi connectivity index (χ3n) is 1.82. The Morgan fingerprint density at radius 2 is 2.18 bits per heavy atom. The molecule has 0 bridgehead atoms. The maximum atomic E-state index is 5.74. The van der Waals surface area contributed by atoms with Crippen molar-refractivity contribution in [3.63, 3.8) is 0 Å². The summed E-state index contributed by atoms with van der Waals surface area (Å²) in [6.45, 7) is 1.99. The Labute approximate surface area is 64.6 Å². The zero-order valence-electron chi connectivity index (χ0n) is 6.29. The summed E-state index contributed by atoms with van der Waals surface area (Å²) in [6, 6.07) is 5.68. The van der Waals surface area contributed by atoms with Gasteiger partial charge in [-0.25, -0.2) is 0 Å². The molecule has 1 aromatic heterocycles. The Hall–Kier alpha value is -1.44. The second-order valence-corrected chi connectivity index (χ2v) is 2.64. The number of benzene rings is 1. The molecule has 0 aliphatic rings. The summed E-state index contributed by atoms with van der Waals surface area (Å²) in [6.07, 6.45) is 1.72. The first-order valence-corrected chi connectivity index (χ1v) is 3.51. The van der Waals surface area contributed by atoms with Gasteiger partial charge < -0.3 is 10.2 Å². The first kappa shape index (κ1) is 6.28. The molecule has 56 valence electrons. The Balaban J connectivity index is 2.96. The first-order valence-electron chi connectivity index (χ1n) is 3.51. The fraction of sp³-hybridized carbons (Fsp3) is 0.111. The van der Waals surface area contributed by atoms with Gasteiger partial charge in [-0.15, -0.1) is 0 Å². The molecule has 1 heterocycles. The van der Waals surface area contributed by atoms with Crippen molar-refractivity contribution in [2.45, 2.75) is 6.92 Å². The van der Waals surface area contributed by atoms with Crippen molar-refractivity contribution in [3.8, 4) is 0 Å². The van der Waals surface area contributed by atoms with E-state index in [4.69, 9.17) is 10.2 Å². The predicted molar refractivity (Wildman–Crippen MR) is 45.4 cm³/mol. The molecule has 0 amide bonds. The molecule has 2 aromatic rings. The van der Waals surface area contributed by atoms with Crippen LogP contribution >= 0.6 is 0 Å². The van der Waals surface area contributed by atoms with Gasteiger partial charge in [0, 0.05) is 11.1 Å². The predicted octanol–water partition coefficient (Wildman–Crippen LogP) is 2.32. The molecular formula is C9H9NO. The van der Waals surface area contributed by atoms with Gasteiger partial charge in [0.1, 0.15) is 5.58 Å². The van der Waals surface area contributed by atoms with Gasteiger partial charge in [-0.1, -0.05) is 6.07 Å². The number of hydrogen-bond acceptors (Lipinski definition) is 2. The second kappa shape index (κ2) is 2.02. The van der Waals surface area contributed by atoms with Crippen molar-refractivity contribution in [1.29, 1.82) is 0 Å². The topological polar surface area (TPSA) is 39.2 Å². The van der Waals surface area contributed by atoms with E-state index in [1.165, 1.54) is 0 Å². The number of furan rings is 1. The molecule has 1 aromatic carbocycles. The zero-order valence-corrected chi connectivity index (χ0v) is 6.29. The lowest BCUT2D eigenvalue weighted by Gasteiger charge is -1.93. The minimum Gasteiger partial charge on any atom is -0.464 e. The molecule has 2 rings (SSSR count). The smallest absolute Gasteiger partial charge is 0.136 e. The summed E-state index contributed by atoms with van der Waals surface area (Å²) >= 11 is 0. The fourth-order valence-electron chi connectivity index (χ4n) is 1.28. The van der Waals surface area contributed by atoms with Crippen molar-refractivity contribution in [2.75, 3.05) is 5.73 Å². The summed E-state index contributed by atoms with van der Waals surface area (Å²) < 4.78 is 5.25. The highest BCUT2D eigenvalue weighted by Crippen LogP contribution is 2.25. The van der Waals surface area contributed by atoms with Gasteiger partial charge in [0.15, 0.2) is 0 Å². The van der Waals surface area contributed by atoms with Crippen LogP contribution in [0, 0.1) is 6.92 Å². The Kier molecular flexibility index (Phi) is 1.15. The molecule has 0 atom stereocenters. The van der Waals surface area contributed by atoms with Crippen molar-refractivity contribution in [1.82, 2.24) is 0 Å². The lowest BCUT2D eigenvalue weighted by atomic mass is 10.1. The van der Waals surface area contributed by atoms with Crippen LogP contribution in [0.3, 0.4) is 0 Å². The maximum absolute atomic E-state index is 5.74. The third-order valence-corrected chi connectivity index (χ3v) is 1.82. The summed E-state index contributed by atoms with van der Waals surface area (Å²) in [5, 5.41) is 1.03. The van der Waals surface area contributed by atoms with E-state index in [-0.39, 0.29) is 0 Å². The Morgan fingerprint density at radius 1 is 1.36 bits per heavy atom. The number of nitrogens with two attached hydrogens (primary N) is 1. The van der Waals surface area contributed by atoms with Gasteiger partial charge in [0.2, 0.25) is 0 Å². The summed E-state index contributed by atoms with van der Waals surface area (Å²) in [7, 11) is 0. The molecule has 2 nitrogen and oxygen atoms in total. The number of anilines is 1. The van der Waals surface area contributed by atoms with Gasteiger partial charge >= 0.3 is 0 Å². The standard InChI is InChI=1S/C9H9NO/c1-6-5-11-8-4-2-3-7(10)9(6)8/h2-5H,10H2,1H3. The minimum absolute atomic E-state index is 0.786. The molecule has 0 aliphatic carbocycles. The van der Waals surface area contributed by atoms with Gasteiger partial charge in [0.05, 0.1) is 6.26 Å². The normalized spacial score (nSPS) is 10.6. The van der Waals surface area contributed by atoms with Gasteiger partial charge in [-0.3, -0.25) is 0 Å². The van der Waals surface area contributed by atoms with Crippen LogP contribution in [0.5, 0.6) is 0 Å². The SMILES string of the molecule is Cc1coc2cccc(N)c12. The molecule has 0 fully saturated rings. The Morgan fingerprint density at radius 3 is 2.91 bits per heavy atom. The number of aryl methyl sites for hydroxylation is 1. The van der Waals surface area contributed by atoms with E-state index in [9.17, 15) is 0 Å². The summed E-state index contributed by atoms with van der Waals surface area (Å²) in [4.78, 5) is 0. The Bertz CT molecular complexity index is 389. The van der Waals surface area contributed by atoms with Crippen LogP contribution in [-0.2, 0) is 0 Å². The highest BCUT2D eigenvalue weighted by molar-refractivity contribution is 5.91. The van der Waals surface area contributed by atoms with Crippen LogP contribution in [0.25, 0.3) is 11.0 Å². The molecule has 0 aliphatic heterocycles. The fourth-order valence-corrected chi connectivity index (χ4v) is 1.28. The van der Waals surface area contributed by atoms with Crippen LogP contribution < -0.4 is 5.73 Å². The van der Waals surface area contributed by atoms with Gasteiger partial charge in [-0.05, 0) is 24.6 Å². The van der Waals surface area contributed by atoms with E-state index in [1.54, 1.807) is 6.26 Å². The number of nitrogen functional groups attached to an aromatic ring is 1. The molecular weight excluding hydrogens is 138 g/mol. The number of hydrogen-bond donors (Lipinski definition) is 1. The average Bonchev–Trinajstić information content (AvgIpc) is 2.34. The van der Waals surface area contributed by atoms with Crippen LogP contribution in [0.4, 0.5) is 5.69 Å². The van der Waals surface area contributed by atoms with Gasteiger partial charge in [-0.2, -0.15) is 0 Å². The van der Waals surface area contributed by atoms with E-state index < -0.39 is 0 Å². The van der Waals surface area contributed by atoms with Crippen LogP contribution in [0.1, 0.15) is 5.56 Å². The lowest BCUT2D eigenvalue weighted by Crippen LogP contribution is -1.84. The van der Waals surface area contributed by atoms with E-state index in [2.05, 4.69) is 0 Å². The number of rotatable bonds is 0. The first-order chi connectivity index (χ1) is 5.29. The largest absolute Gasteiger partial charge is 0.464 e. The maximum Gasteiger partial charge on any atom is 0.136 e. The quantitative estimate of drug-likeness (QED) is 0.581.